The van der Waals surface area contributed by atoms with Gasteiger partial charge in [0.1, 0.15) is 0 Å². The average molecular weight is 247 g/mol. The van der Waals surface area contributed by atoms with Gasteiger partial charge in [0.2, 0.25) is 0 Å². The molecule has 1 aliphatic rings. The van der Waals surface area contributed by atoms with Crippen molar-refractivity contribution in [3.05, 3.63) is 35.4 Å². The van der Waals surface area contributed by atoms with E-state index in [0.29, 0.717) is 26.2 Å². The number of benzene rings is 1. The quantitative estimate of drug-likeness (QED) is 0.761. The number of rotatable bonds is 3. The first-order valence-electron chi connectivity index (χ1n) is 5.94. The molecule has 96 valence electrons. The number of hydrogen-bond donors (Lipinski definition) is 1. The van der Waals surface area contributed by atoms with Crippen molar-refractivity contribution in [3.8, 4) is 0 Å². The molecule has 0 atom stereocenters. The van der Waals surface area contributed by atoms with Crippen LogP contribution in [0, 0.1) is 0 Å². The van der Waals surface area contributed by atoms with Crippen LogP contribution in [0.25, 0.3) is 0 Å². The molecule has 0 aliphatic carbocycles. The van der Waals surface area contributed by atoms with Gasteiger partial charge in [-0.25, -0.2) is 0 Å². The SMILES string of the molecule is CN1CCN(Cc2ccc(CN)cc2)C(=O)C1=O. The van der Waals surface area contributed by atoms with Gasteiger partial charge >= 0.3 is 11.8 Å². The lowest BCUT2D eigenvalue weighted by Gasteiger charge is -2.31. The molecule has 0 radical (unpaired) electrons. The van der Waals surface area contributed by atoms with Gasteiger partial charge in [0.05, 0.1) is 0 Å². The van der Waals surface area contributed by atoms with E-state index in [1.165, 1.54) is 4.90 Å². The van der Waals surface area contributed by atoms with E-state index < -0.39 is 11.8 Å². The summed E-state index contributed by atoms with van der Waals surface area (Å²) in [5.41, 5.74) is 7.59. The molecular weight excluding hydrogens is 230 g/mol. The summed E-state index contributed by atoms with van der Waals surface area (Å²) in [6.07, 6.45) is 0. The molecular formula is C13H17N3O2. The highest BCUT2D eigenvalue weighted by Gasteiger charge is 2.29. The molecule has 2 rings (SSSR count). The first-order valence-corrected chi connectivity index (χ1v) is 5.94. The fourth-order valence-corrected chi connectivity index (χ4v) is 1.92. The first-order chi connectivity index (χ1) is 8.61. The van der Waals surface area contributed by atoms with Crippen molar-refractivity contribution in [2.45, 2.75) is 13.1 Å². The lowest BCUT2D eigenvalue weighted by molar-refractivity contribution is -0.155. The molecule has 0 unspecified atom stereocenters. The third-order valence-corrected chi connectivity index (χ3v) is 3.15. The van der Waals surface area contributed by atoms with Crippen LogP contribution in [0.4, 0.5) is 0 Å². The van der Waals surface area contributed by atoms with Crippen molar-refractivity contribution in [3.63, 3.8) is 0 Å². The van der Waals surface area contributed by atoms with E-state index in [0.717, 1.165) is 11.1 Å². The van der Waals surface area contributed by atoms with Crippen LogP contribution in [0.2, 0.25) is 0 Å². The van der Waals surface area contributed by atoms with Crippen LogP contribution in [0.3, 0.4) is 0 Å². The average Bonchev–Trinajstić information content (AvgIpc) is 2.40. The lowest BCUT2D eigenvalue weighted by atomic mass is 10.1. The fraction of sp³-hybridized carbons (Fsp3) is 0.385. The molecule has 2 N–H and O–H groups in total. The van der Waals surface area contributed by atoms with Gasteiger partial charge in [-0.2, -0.15) is 0 Å². The summed E-state index contributed by atoms with van der Waals surface area (Å²) < 4.78 is 0. The lowest BCUT2D eigenvalue weighted by Crippen LogP contribution is -2.52. The Morgan fingerprint density at radius 2 is 1.67 bits per heavy atom. The second kappa shape index (κ2) is 5.18. The minimum Gasteiger partial charge on any atom is -0.336 e. The number of hydrogen-bond acceptors (Lipinski definition) is 3. The highest BCUT2D eigenvalue weighted by atomic mass is 16.2. The predicted molar refractivity (Wildman–Crippen MR) is 67.4 cm³/mol. The number of carbonyl (C=O) groups excluding carboxylic acids is 2. The van der Waals surface area contributed by atoms with E-state index in [9.17, 15) is 9.59 Å². The molecule has 1 heterocycles. The third kappa shape index (κ3) is 2.51. The Labute approximate surface area is 106 Å². The van der Waals surface area contributed by atoms with E-state index in [-0.39, 0.29) is 0 Å². The van der Waals surface area contributed by atoms with Gasteiger partial charge in [-0.15, -0.1) is 0 Å². The molecule has 1 aromatic carbocycles. The largest absolute Gasteiger partial charge is 0.336 e. The van der Waals surface area contributed by atoms with Gasteiger partial charge in [-0.3, -0.25) is 9.59 Å². The van der Waals surface area contributed by atoms with Crippen LogP contribution >= 0.6 is 0 Å². The maximum Gasteiger partial charge on any atom is 0.312 e. The maximum absolute atomic E-state index is 11.8. The predicted octanol–water partition coefficient (Wildman–Crippen LogP) is -0.0541. The fourth-order valence-electron chi connectivity index (χ4n) is 1.92. The van der Waals surface area contributed by atoms with E-state index in [2.05, 4.69) is 0 Å². The third-order valence-electron chi connectivity index (χ3n) is 3.15. The van der Waals surface area contributed by atoms with Crippen molar-refractivity contribution in [2.24, 2.45) is 5.73 Å². The van der Waals surface area contributed by atoms with Crippen LogP contribution < -0.4 is 5.73 Å². The second-order valence-corrected chi connectivity index (χ2v) is 4.47. The topological polar surface area (TPSA) is 66.6 Å². The van der Waals surface area contributed by atoms with Gasteiger partial charge in [-0.1, -0.05) is 24.3 Å². The Kier molecular flexibility index (Phi) is 3.62. The molecule has 5 heteroatoms. The van der Waals surface area contributed by atoms with Crippen LogP contribution in [0.5, 0.6) is 0 Å². The van der Waals surface area contributed by atoms with Gasteiger partial charge in [0, 0.05) is 33.2 Å². The van der Waals surface area contributed by atoms with E-state index in [1.807, 2.05) is 24.3 Å². The van der Waals surface area contributed by atoms with E-state index in [4.69, 9.17) is 5.73 Å². The molecule has 0 bridgehead atoms. The summed E-state index contributed by atoms with van der Waals surface area (Å²) in [5.74, 6) is -0.855. The second-order valence-electron chi connectivity index (χ2n) is 4.47. The number of carbonyl (C=O) groups is 2. The summed E-state index contributed by atoms with van der Waals surface area (Å²) in [6.45, 7) is 2.15. The number of likely N-dealkylation sites (N-methyl/N-ethyl adjacent to an activating group) is 1. The van der Waals surface area contributed by atoms with Crippen molar-refractivity contribution >= 4 is 11.8 Å². The highest BCUT2D eigenvalue weighted by Crippen LogP contribution is 2.10. The zero-order chi connectivity index (χ0) is 13.1. The molecule has 0 aromatic heterocycles. The minimum atomic E-state index is -0.431. The summed E-state index contributed by atoms with van der Waals surface area (Å²) in [6, 6.07) is 7.77. The zero-order valence-corrected chi connectivity index (χ0v) is 10.4. The molecule has 1 saturated heterocycles. The van der Waals surface area contributed by atoms with Gasteiger partial charge < -0.3 is 15.5 Å². The minimum absolute atomic E-state index is 0.424. The van der Waals surface area contributed by atoms with Gasteiger partial charge in [0.25, 0.3) is 0 Å². The molecule has 0 spiro atoms. The van der Waals surface area contributed by atoms with E-state index >= 15 is 0 Å². The summed E-state index contributed by atoms with van der Waals surface area (Å²) in [4.78, 5) is 26.4. The number of nitrogens with two attached hydrogens (primary N) is 1. The molecule has 1 fully saturated rings. The van der Waals surface area contributed by atoms with Gasteiger partial charge in [0.15, 0.2) is 0 Å². The first kappa shape index (κ1) is 12.6. The summed E-state index contributed by atoms with van der Waals surface area (Å²) in [5, 5.41) is 0. The summed E-state index contributed by atoms with van der Waals surface area (Å²) >= 11 is 0. The Morgan fingerprint density at radius 3 is 2.28 bits per heavy atom. The zero-order valence-electron chi connectivity index (χ0n) is 10.4. The number of piperazine rings is 1. The Balaban J connectivity index is 2.04. The molecule has 1 aromatic rings. The van der Waals surface area contributed by atoms with Crippen LogP contribution in [0.1, 0.15) is 11.1 Å². The molecule has 1 aliphatic heterocycles. The van der Waals surface area contributed by atoms with Crippen molar-refractivity contribution in [1.29, 1.82) is 0 Å². The number of amides is 2. The summed E-state index contributed by atoms with van der Waals surface area (Å²) in [7, 11) is 1.65. The molecule has 18 heavy (non-hydrogen) atoms. The van der Waals surface area contributed by atoms with Gasteiger partial charge in [-0.05, 0) is 11.1 Å². The van der Waals surface area contributed by atoms with Crippen LogP contribution in [-0.2, 0) is 22.7 Å². The Morgan fingerprint density at radius 1 is 1.06 bits per heavy atom. The molecule has 0 saturated carbocycles. The van der Waals surface area contributed by atoms with Crippen LogP contribution in [-0.4, -0.2) is 41.8 Å². The van der Waals surface area contributed by atoms with E-state index in [1.54, 1.807) is 11.9 Å². The van der Waals surface area contributed by atoms with Crippen molar-refractivity contribution in [1.82, 2.24) is 9.80 Å². The Hall–Kier alpha value is -1.88. The number of nitrogens with zero attached hydrogens (tertiary/aromatic N) is 2. The standard InChI is InChI=1S/C13H17N3O2/c1-15-6-7-16(13(18)12(15)17)9-11-4-2-10(8-14)3-5-11/h2-5H,6-9,14H2,1H3. The van der Waals surface area contributed by atoms with Crippen molar-refractivity contribution in [2.75, 3.05) is 20.1 Å². The highest BCUT2D eigenvalue weighted by molar-refractivity contribution is 6.35. The normalized spacial score (nSPS) is 16.3. The van der Waals surface area contributed by atoms with Crippen LogP contribution in [0.15, 0.2) is 24.3 Å². The Bertz CT molecular complexity index is 456. The smallest absolute Gasteiger partial charge is 0.312 e. The monoisotopic (exact) mass is 247 g/mol. The molecule has 2 amide bonds. The molecule has 5 nitrogen and oxygen atoms in total. The van der Waals surface area contributed by atoms with Crippen molar-refractivity contribution < 1.29 is 9.59 Å². The maximum atomic E-state index is 11.8.